The van der Waals surface area contributed by atoms with Crippen LogP contribution in [0.3, 0.4) is 0 Å². The van der Waals surface area contributed by atoms with Crippen molar-refractivity contribution in [2.75, 3.05) is 13.1 Å². The van der Waals surface area contributed by atoms with Crippen molar-refractivity contribution in [3.8, 4) is 0 Å². The summed E-state index contributed by atoms with van der Waals surface area (Å²) >= 11 is 0. The van der Waals surface area contributed by atoms with Gasteiger partial charge in [-0.2, -0.15) is 0 Å². The van der Waals surface area contributed by atoms with Gasteiger partial charge in [-0.3, -0.25) is 25.2 Å². The van der Waals surface area contributed by atoms with E-state index in [2.05, 4.69) is 0 Å². The molecule has 0 saturated carbocycles. The number of nitro groups is 1. The van der Waals surface area contributed by atoms with Gasteiger partial charge in [-0.1, -0.05) is 0 Å². The lowest BCUT2D eigenvalue weighted by Gasteiger charge is -2.02. The predicted octanol–water partition coefficient (Wildman–Crippen LogP) is 0.941. The lowest BCUT2D eigenvalue weighted by Crippen LogP contribution is -2.27. The minimum Gasteiger partial charge on any atom is -0.291 e. The molecular formula is C12H14N3O3+. The molecule has 2 N–H and O–H groups in total. The highest BCUT2D eigenvalue weighted by atomic mass is 16.6. The van der Waals surface area contributed by atoms with Gasteiger partial charge in [0.25, 0.3) is 5.69 Å². The fourth-order valence-corrected chi connectivity index (χ4v) is 1.97. The van der Waals surface area contributed by atoms with Gasteiger partial charge in [0.05, 0.1) is 17.9 Å². The quantitative estimate of drug-likeness (QED) is 0.371. The van der Waals surface area contributed by atoms with Gasteiger partial charge in [-0.05, 0) is 18.6 Å². The van der Waals surface area contributed by atoms with E-state index in [9.17, 15) is 14.9 Å². The van der Waals surface area contributed by atoms with Crippen molar-refractivity contribution in [1.29, 1.82) is 0 Å². The average molecular weight is 248 g/mol. The monoisotopic (exact) mass is 248 g/mol. The molecule has 0 unspecified atom stereocenters. The molecule has 0 aliphatic carbocycles. The van der Waals surface area contributed by atoms with Gasteiger partial charge in [0.1, 0.15) is 6.54 Å². The van der Waals surface area contributed by atoms with Gasteiger partial charge in [0.15, 0.2) is 0 Å². The van der Waals surface area contributed by atoms with Gasteiger partial charge < -0.3 is 0 Å². The van der Waals surface area contributed by atoms with Gasteiger partial charge in [0.2, 0.25) is 11.6 Å². The molecule has 1 heterocycles. The van der Waals surface area contributed by atoms with Crippen molar-refractivity contribution in [2.45, 2.75) is 12.8 Å². The maximum Gasteiger partial charge on any atom is 0.269 e. The first-order chi connectivity index (χ1) is 8.58. The van der Waals surface area contributed by atoms with E-state index in [0.717, 1.165) is 25.2 Å². The van der Waals surface area contributed by atoms with E-state index in [1.807, 2.05) is 4.58 Å². The molecule has 1 aliphatic rings. The Labute approximate surface area is 104 Å². The molecule has 6 nitrogen and oxygen atoms in total. The summed E-state index contributed by atoms with van der Waals surface area (Å²) in [7, 11) is 0. The molecule has 0 atom stereocenters. The van der Waals surface area contributed by atoms with Crippen molar-refractivity contribution in [2.24, 2.45) is 5.73 Å². The number of nitrogens with zero attached hydrogens (tertiary/aromatic N) is 2. The second-order valence-corrected chi connectivity index (χ2v) is 4.24. The topological polar surface area (TPSA) is 89.2 Å². The first-order valence-corrected chi connectivity index (χ1v) is 5.72. The Balaban J connectivity index is 2.09. The molecule has 0 amide bonds. The van der Waals surface area contributed by atoms with Gasteiger partial charge >= 0.3 is 0 Å². The van der Waals surface area contributed by atoms with Crippen LogP contribution in [0.15, 0.2) is 24.3 Å². The van der Waals surface area contributed by atoms with Gasteiger partial charge in [0, 0.05) is 17.7 Å². The zero-order chi connectivity index (χ0) is 13.1. The number of amidine groups is 1. The standard InChI is InChI=1S/C12H13N3O3/c13-12-2-1-7-14(12)8-11(16)9-3-5-10(6-4-9)15(17)18/h3-6,13H,1-2,7-8H2/p+1. The predicted molar refractivity (Wildman–Crippen MR) is 65.8 cm³/mol. The highest BCUT2D eigenvalue weighted by molar-refractivity contribution is 5.97. The number of hydrogen-bond donors (Lipinski definition) is 1. The first-order valence-electron chi connectivity index (χ1n) is 5.72. The molecule has 94 valence electrons. The second kappa shape index (κ2) is 4.95. The van der Waals surface area contributed by atoms with Crippen LogP contribution in [0.1, 0.15) is 23.2 Å². The van der Waals surface area contributed by atoms with E-state index < -0.39 is 4.92 Å². The molecule has 1 aliphatic heterocycles. The summed E-state index contributed by atoms with van der Waals surface area (Å²) in [5.41, 5.74) is 6.23. The maximum absolute atomic E-state index is 11.9. The number of hydrogen-bond acceptors (Lipinski definition) is 4. The van der Waals surface area contributed by atoms with Crippen LogP contribution in [0.2, 0.25) is 0 Å². The molecule has 0 fully saturated rings. The molecular weight excluding hydrogens is 234 g/mol. The Bertz CT molecular complexity index is 520. The maximum atomic E-state index is 11.9. The number of Topliss-reactive ketones (excluding diaryl/α,β-unsaturated/α-hetero) is 1. The van der Waals surface area contributed by atoms with Crippen LogP contribution < -0.4 is 5.73 Å². The van der Waals surface area contributed by atoms with Crippen LogP contribution >= 0.6 is 0 Å². The Morgan fingerprint density at radius 1 is 1.39 bits per heavy atom. The Morgan fingerprint density at radius 3 is 2.56 bits per heavy atom. The lowest BCUT2D eigenvalue weighted by molar-refractivity contribution is -0.507. The average Bonchev–Trinajstić information content (AvgIpc) is 2.75. The molecule has 0 aromatic heterocycles. The van der Waals surface area contributed by atoms with Gasteiger partial charge in [-0.25, -0.2) is 0 Å². The summed E-state index contributed by atoms with van der Waals surface area (Å²) < 4.78 is 1.85. The molecule has 2 rings (SSSR count). The Kier molecular flexibility index (Phi) is 3.36. The number of ketones is 1. The number of carbonyl (C=O) groups is 1. The number of nitro benzene ring substituents is 1. The molecule has 0 spiro atoms. The van der Waals surface area contributed by atoms with Crippen LogP contribution in [-0.4, -0.2) is 34.2 Å². The van der Waals surface area contributed by atoms with Crippen molar-refractivity contribution >= 4 is 17.3 Å². The highest BCUT2D eigenvalue weighted by Gasteiger charge is 2.20. The van der Waals surface area contributed by atoms with E-state index in [4.69, 9.17) is 5.73 Å². The van der Waals surface area contributed by atoms with Crippen LogP contribution in [0.4, 0.5) is 5.69 Å². The minimum atomic E-state index is -0.486. The third-order valence-corrected chi connectivity index (χ3v) is 3.00. The molecule has 0 saturated heterocycles. The number of carbonyl (C=O) groups excluding carboxylic acids is 1. The van der Waals surface area contributed by atoms with Gasteiger partial charge in [-0.15, -0.1) is 0 Å². The summed E-state index contributed by atoms with van der Waals surface area (Å²) in [5.74, 6) is 0.667. The molecule has 0 bridgehead atoms. The van der Waals surface area contributed by atoms with E-state index in [1.165, 1.54) is 24.3 Å². The Morgan fingerprint density at radius 2 is 2.06 bits per heavy atom. The second-order valence-electron chi connectivity index (χ2n) is 4.24. The van der Waals surface area contributed by atoms with E-state index >= 15 is 0 Å². The summed E-state index contributed by atoms with van der Waals surface area (Å²) in [6.45, 7) is 1.04. The molecule has 1 aromatic rings. The van der Waals surface area contributed by atoms with E-state index in [0.29, 0.717) is 5.56 Å². The number of rotatable bonds is 4. The lowest BCUT2D eigenvalue weighted by atomic mass is 10.1. The van der Waals surface area contributed by atoms with Crippen molar-refractivity contribution in [3.63, 3.8) is 0 Å². The summed E-state index contributed by atoms with van der Waals surface area (Å²) in [6.07, 6.45) is 1.80. The summed E-state index contributed by atoms with van der Waals surface area (Å²) in [6, 6.07) is 5.63. The minimum absolute atomic E-state index is 0.0150. The zero-order valence-corrected chi connectivity index (χ0v) is 9.83. The van der Waals surface area contributed by atoms with E-state index in [1.54, 1.807) is 0 Å². The zero-order valence-electron chi connectivity index (χ0n) is 9.83. The number of non-ortho nitro benzene ring substituents is 1. The largest absolute Gasteiger partial charge is 0.291 e. The Hall–Kier alpha value is -2.24. The highest BCUT2D eigenvalue weighted by Crippen LogP contribution is 2.12. The third kappa shape index (κ3) is 2.53. The molecule has 1 aromatic carbocycles. The first kappa shape index (κ1) is 12.2. The van der Waals surface area contributed by atoms with Crippen molar-refractivity contribution < 1.29 is 14.3 Å². The van der Waals surface area contributed by atoms with Crippen LogP contribution in [-0.2, 0) is 0 Å². The molecule has 0 radical (unpaired) electrons. The SMILES string of the molecule is NC1=[N+](CC(=O)c2ccc([N+](=O)[O-])cc2)CCC1. The van der Waals surface area contributed by atoms with Crippen LogP contribution in [0, 0.1) is 10.1 Å². The normalized spacial score (nSPS) is 14.9. The number of nitrogens with two attached hydrogens (primary N) is 1. The fraction of sp³-hybridized carbons (Fsp3) is 0.333. The number of benzene rings is 1. The molecule has 6 heteroatoms. The van der Waals surface area contributed by atoms with Crippen LogP contribution in [0.5, 0.6) is 0 Å². The summed E-state index contributed by atoms with van der Waals surface area (Å²) in [4.78, 5) is 22.0. The van der Waals surface area contributed by atoms with Crippen molar-refractivity contribution in [3.05, 3.63) is 39.9 Å². The molecule has 18 heavy (non-hydrogen) atoms. The van der Waals surface area contributed by atoms with Crippen molar-refractivity contribution in [1.82, 2.24) is 0 Å². The van der Waals surface area contributed by atoms with Crippen LogP contribution in [0.25, 0.3) is 0 Å². The smallest absolute Gasteiger partial charge is 0.269 e. The summed E-state index contributed by atoms with van der Waals surface area (Å²) in [5, 5.41) is 10.5. The fourth-order valence-electron chi connectivity index (χ4n) is 1.97. The van der Waals surface area contributed by atoms with E-state index in [-0.39, 0.29) is 18.0 Å². The third-order valence-electron chi connectivity index (χ3n) is 3.00.